The first-order valence-electron chi connectivity index (χ1n) is 9.91. The molecule has 0 saturated heterocycles. The fourth-order valence-corrected chi connectivity index (χ4v) is 4.64. The predicted molar refractivity (Wildman–Crippen MR) is 111 cm³/mol. The number of halogens is 1. The third kappa shape index (κ3) is 4.07. The van der Waals surface area contributed by atoms with Crippen molar-refractivity contribution in [3.63, 3.8) is 0 Å². The lowest BCUT2D eigenvalue weighted by molar-refractivity contribution is 0.0950. The number of amides is 1. The molecule has 146 valence electrons. The van der Waals surface area contributed by atoms with Crippen LogP contribution in [0, 0.1) is 13.8 Å². The number of carbonyl (C=O) groups excluding carboxylic acids is 1. The molecule has 2 aliphatic rings. The Labute approximate surface area is 168 Å². The highest BCUT2D eigenvalue weighted by atomic mass is 35.5. The molecule has 0 unspecified atom stereocenters. The van der Waals surface area contributed by atoms with Gasteiger partial charge in [0.2, 0.25) is 0 Å². The topological polar surface area (TPSA) is 46.1 Å². The van der Waals surface area contributed by atoms with Gasteiger partial charge in [0.05, 0.1) is 5.56 Å². The van der Waals surface area contributed by atoms with E-state index in [-0.39, 0.29) is 18.3 Å². The Kier molecular flexibility index (Phi) is 6.28. The third-order valence-electron chi connectivity index (χ3n) is 6.02. The number of nitrogens with one attached hydrogen (secondary N) is 2. The van der Waals surface area contributed by atoms with Crippen LogP contribution in [0.25, 0.3) is 0 Å². The van der Waals surface area contributed by atoms with Gasteiger partial charge in [-0.05, 0) is 49.4 Å². The molecular formula is C22H30ClN3O. The van der Waals surface area contributed by atoms with Crippen LogP contribution in [-0.2, 0) is 19.6 Å². The van der Waals surface area contributed by atoms with Gasteiger partial charge in [-0.15, -0.1) is 12.4 Å². The average Bonchev–Trinajstić information content (AvgIpc) is 3.24. The monoisotopic (exact) mass is 387 g/mol. The van der Waals surface area contributed by atoms with Gasteiger partial charge in [0.25, 0.3) is 5.91 Å². The quantitative estimate of drug-likeness (QED) is 0.807. The highest BCUT2D eigenvalue weighted by Gasteiger charge is 2.22. The summed E-state index contributed by atoms with van der Waals surface area (Å²) in [4.78, 5) is 12.8. The molecule has 5 heteroatoms. The number of aromatic nitrogens is 1. The summed E-state index contributed by atoms with van der Waals surface area (Å²) in [6.45, 7) is 6.69. The summed E-state index contributed by atoms with van der Waals surface area (Å²) in [7, 11) is 0. The zero-order chi connectivity index (χ0) is 18.1. The maximum atomic E-state index is 12.8. The largest absolute Gasteiger partial charge is 0.348 e. The van der Waals surface area contributed by atoms with Crippen LogP contribution in [0.15, 0.2) is 24.3 Å². The molecule has 0 spiro atoms. The summed E-state index contributed by atoms with van der Waals surface area (Å²) in [6.07, 6.45) is 6.42. The maximum Gasteiger partial charge on any atom is 0.253 e. The van der Waals surface area contributed by atoms with E-state index in [2.05, 4.69) is 53.3 Å². The molecule has 2 aromatic rings. The Balaban J connectivity index is 0.00000210. The Morgan fingerprint density at radius 3 is 2.63 bits per heavy atom. The van der Waals surface area contributed by atoms with Crippen LogP contribution in [0.3, 0.4) is 0 Å². The number of nitrogens with zero attached hydrogens (tertiary/aromatic N) is 1. The molecule has 0 radical (unpaired) electrons. The smallest absolute Gasteiger partial charge is 0.253 e. The van der Waals surface area contributed by atoms with Gasteiger partial charge in [-0.2, -0.15) is 0 Å². The average molecular weight is 388 g/mol. The number of benzene rings is 1. The lowest BCUT2D eigenvalue weighted by atomic mass is 9.95. The zero-order valence-electron chi connectivity index (χ0n) is 16.3. The third-order valence-corrected chi connectivity index (χ3v) is 6.02. The second-order valence-electron chi connectivity index (χ2n) is 7.84. The number of carbonyl (C=O) groups is 1. The van der Waals surface area contributed by atoms with Crippen molar-refractivity contribution < 1.29 is 4.79 Å². The summed E-state index contributed by atoms with van der Waals surface area (Å²) < 4.78 is 2.40. The molecule has 27 heavy (non-hydrogen) atoms. The maximum absolute atomic E-state index is 12.8. The first kappa shape index (κ1) is 20.0. The van der Waals surface area contributed by atoms with Gasteiger partial charge in [-0.3, -0.25) is 4.79 Å². The summed E-state index contributed by atoms with van der Waals surface area (Å²) >= 11 is 0. The molecule has 0 bridgehead atoms. The van der Waals surface area contributed by atoms with Crippen LogP contribution in [-0.4, -0.2) is 10.5 Å². The van der Waals surface area contributed by atoms with Crippen LogP contribution >= 0.6 is 12.4 Å². The molecular weight excluding hydrogens is 358 g/mol. The second kappa shape index (κ2) is 8.49. The van der Waals surface area contributed by atoms with Gasteiger partial charge in [0.15, 0.2) is 0 Å². The zero-order valence-corrected chi connectivity index (χ0v) is 17.1. The van der Waals surface area contributed by atoms with Crippen LogP contribution < -0.4 is 10.6 Å². The van der Waals surface area contributed by atoms with E-state index in [1.54, 1.807) is 0 Å². The Morgan fingerprint density at radius 2 is 1.85 bits per heavy atom. The second-order valence-corrected chi connectivity index (χ2v) is 7.84. The highest BCUT2D eigenvalue weighted by molar-refractivity contribution is 5.95. The molecule has 1 amide bonds. The number of hydrogen-bond donors (Lipinski definition) is 2. The van der Waals surface area contributed by atoms with Crippen LogP contribution in [0.4, 0.5) is 0 Å². The Bertz CT molecular complexity index is 821. The molecule has 4 nitrogen and oxygen atoms in total. The van der Waals surface area contributed by atoms with E-state index in [1.165, 1.54) is 54.5 Å². The van der Waals surface area contributed by atoms with Gasteiger partial charge in [0, 0.05) is 37.1 Å². The van der Waals surface area contributed by atoms with E-state index in [9.17, 15) is 4.79 Å². The normalized spacial score (nSPS) is 16.7. The first-order chi connectivity index (χ1) is 12.6. The van der Waals surface area contributed by atoms with Crippen molar-refractivity contribution in [1.29, 1.82) is 0 Å². The number of aryl methyl sites for hydroxylation is 1. The molecule has 4 rings (SSSR count). The van der Waals surface area contributed by atoms with E-state index < -0.39 is 0 Å². The number of hydrogen-bond acceptors (Lipinski definition) is 2. The minimum atomic E-state index is 0. The number of rotatable bonds is 4. The summed E-state index contributed by atoms with van der Waals surface area (Å²) in [5.74, 6) is 0.0405. The fraction of sp³-hybridized carbons (Fsp3) is 0.500. The first-order valence-corrected chi connectivity index (χ1v) is 9.91. The highest BCUT2D eigenvalue weighted by Crippen LogP contribution is 2.32. The van der Waals surface area contributed by atoms with Gasteiger partial charge >= 0.3 is 0 Å². The molecule has 0 atom stereocenters. The molecule has 2 N–H and O–H groups in total. The molecule has 1 saturated carbocycles. The van der Waals surface area contributed by atoms with E-state index in [0.29, 0.717) is 12.6 Å². The van der Waals surface area contributed by atoms with Gasteiger partial charge < -0.3 is 15.2 Å². The Hall–Kier alpha value is -1.78. The lowest BCUT2D eigenvalue weighted by Gasteiger charge is -2.26. The summed E-state index contributed by atoms with van der Waals surface area (Å²) in [5.41, 5.74) is 7.05. The van der Waals surface area contributed by atoms with Crippen LogP contribution in [0.5, 0.6) is 0 Å². The standard InChI is InChI=1S/C22H29N3O.ClH/c1-15-10-21(16(2)25(15)20-6-4-3-5-7-20)22(26)24-12-17-8-9-18-13-23-14-19(18)11-17;/h8-11,20,23H,3-7,12-14H2,1-2H3,(H,24,26);1H. The molecule has 1 aliphatic heterocycles. The lowest BCUT2D eigenvalue weighted by Crippen LogP contribution is -2.24. The fourth-order valence-electron chi connectivity index (χ4n) is 4.64. The van der Waals surface area contributed by atoms with Crippen molar-refractivity contribution in [1.82, 2.24) is 15.2 Å². The van der Waals surface area contributed by atoms with E-state index in [1.807, 2.05) is 0 Å². The Morgan fingerprint density at radius 1 is 1.11 bits per heavy atom. The van der Waals surface area contributed by atoms with Gasteiger partial charge in [-0.1, -0.05) is 37.5 Å². The SMILES string of the molecule is Cc1cc(C(=O)NCc2ccc3c(c2)CNC3)c(C)n1C1CCCCC1.Cl. The minimum Gasteiger partial charge on any atom is -0.348 e. The van der Waals surface area contributed by atoms with Crippen molar-refractivity contribution in [2.75, 3.05) is 0 Å². The molecule has 2 heterocycles. The minimum absolute atomic E-state index is 0. The van der Waals surface area contributed by atoms with Crippen LogP contribution in [0.1, 0.15) is 76.6 Å². The molecule has 1 aliphatic carbocycles. The van der Waals surface area contributed by atoms with E-state index in [4.69, 9.17) is 0 Å². The van der Waals surface area contributed by atoms with Crippen molar-refractivity contribution >= 4 is 18.3 Å². The predicted octanol–water partition coefficient (Wildman–Crippen LogP) is 4.57. The van der Waals surface area contributed by atoms with Gasteiger partial charge in [-0.25, -0.2) is 0 Å². The van der Waals surface area contributed by atoms with E-state index in [0.717, 1.165) is 24.3 Å². The molecule has 1 aromatic carbocycles. The van der Waals surface area contributed by atoms with Crippen molar-refractivity contribution in [3.8, 4) is 0 Å². The van der Waals surface area contributed by atoms with Crippen molar-refractivity contribution in [3.05, 3.63) is 57.9 Å². The van der Waals surface area contributed by atoms with Gasteiger partial charge in [0.1, 0.15) is 0 Å². The molecule has 1 fully saturated rings. The number of fused-ring (bicyclic) bond motifs is 1. The van der Waals surface area contributed by atoms with E-state index >= 15 is 0 Å². The van der Waals surface area contributed by atoms with Crippen molar-refractivity contribution in [2.45, 2.75) is 71.6 Å². The van der Waals surface area contributed by atoms with Crippen molar-refractivity contribution in [2.24, 2.45) is 0 Å². The summed E-state index contributed by atoms with van der Waals surface area (Å²) in [5, 5.41) is 6.48. The summed E-state index contributed by atoms with van der Waals surface area (Å²) in [6, 6.07) is 9.13. The van der Waals surface area contributed by atoms with Crippen LogP contribution in [0.2, 0.25) is 0 Å². The molecule has 1 aromatic heterocycles.